The van der Waals surface area contributed by atoms with E-state index in [4.69, 9.17) is 9.47 Å². The van der Waals surface area contributed by atoms with E-state index in [1.54, 1.807) is 0 Å². The fourth-order valence-electron chi connectivity index (χ4n) is 2.64. The number of urea groups is 1. The van der Waals surface area contributed by atoms with Gasteiger partial charge >= 0.3 is 17.7 Å². The van der Waals surface area contributed by atoms with E-state index >= 15 is 0 Å². The summed E-state index contributed by atoms with van der Waals surface area (Å²) in [6, 6.07) is 3.35. The van der Waals surface area contributed by atoms with Crippen molar-refractivity contribution in [1.29, 1.82) is 0 Å². The topological polar surface area (TPSA) is 59.1 Å². The Balaban J connectivity index is 2.43. The standard InChI is InChI=1S/C20H17F7N2O4S/c1-32-9-28(15-7-6-11(8-14(15)23)34-20(26,27)18(24)25)19(31)29(10-33-2)17(30)16-12(21)4-3-5-13(16)22/h3-8,18H,9-10H2,1-2H3. The molecule has 0 atom stereocenters. The molecular formula is C20H17F7N2O4S. The zero-order valence-corrected chi connectivity index (χ0v) is 18.4. The van der Waals surface area contributed by atoms with E-state index in [0.29, 0.717) is 11.0 Å². The molecule has 6 nitrogen and oxygen atoms in total. The molecule has 186 valence electrons. The summed E-state index contributed by atoms with van der Waals surface area (Å²) >= 11 is -0.596. The number of hydrogen-bond donors (Lipinski definition) is 0. The molecule has 0 aliphatic heterocycles. The van der Waals surface area contributed by atoms with Crippen LogP contribution in [0.15, 0.2) is 41.3 Å². The van der Waals surface area contributed by atoms with Gasteiger partial charge in [-0.2, -0.15) is 8.78 Å². The highest BCUT2D eigenvalue weighted by molar-refractivity contribution is 8.00. The Labute approximate surface area is 193 Å². The molecule has 0 radical (unpaired) electrons. The molecule has 14 heteroatoms. The maximum atomic E-state index is 14.7. The number of benzene rings is 2. The summed E-state index contributed by atoms with van der Waals surface area (Å²) in [6.45, 7) is -1.50. The highest BCUT2D eigenvalue weighted by Crippen LogP contribution is 2.41. The van der Waals surface area contributed by atoms with Crippen LogP contribution < -0.4 is 4.90 Å². The molecule has 0 aliphatic carbocycles. The zero-order chi connectivity index (χ0) is 25.6. The van der Waals surface area contributed by atoms with E-state index in [-0.39, 0.29) is 4.90 Å². The van der Waals surface area contributed by atoms with Gasteiger partial charge in [0.15, 0.2) is 0 Å². The number of ether oxygens (including phenoxy) is 2. The summed E-state index contributed by atoms with van der Waals surface area (Å²) in [4.78, 5) is 26.0. The summed E-state index contributed by atoms with van der Waals surface area (Å²) in [5, 5.41) is -4.50. The summed E-state index contributed by atoms with van der Waals surface area (Å²) in [7, 11) is 2.17. The number of carbonyl (C=O) groups excluding carboxylic acids is 2. The second-order valence-corrected chi connectivity index (χ2v) is 7.67. The fraction of sp³-hybridized carbons (Fsp3) is 0.300. The molecule has 0 unspecified atom stereocenters. The van der Waals surface area contributed by atoms with Crippen LogP contribution in [-0.2, 0) is 9.47 Å². The number of rotatable bonds is 9. The average Bonchev–Trinajstić information content (AvgIpc) is 2.75. The predicted octanol–water partition coefficient (Wildman–Crippen LogP) is 5.33. The molecule has 2 aromatic rings. The van der Waals surface area contributed by atoms with Gasteiger partial charge in [-0.3, -0.25) is 9.69 Å². The van der Waals surface area contributed by atoms with E-state index in [0.717, 1.165) is 44.6 Å². The highest BCUT2D eigenvalue weighted by Gasteiger charge is 2.42. The summed E-state index contributed by atoms with van der Waals surface area (Å²) in [5.74, 6) is -5.30. The lowest BCUT2D eigenvalue weighted by Gasteiger charge is -2.29. The number of alkyl halides is 4. The van der Waals surface area contributed by atoms with Gasteiger partial charge in [0.25, 0.3) is 5.91 Å². The first-order valence-electron chi connectivity index (χ1n) is 9.14. The van der Waals surface area contributed by atoms with Crippen LogP contribution in [0.2, 0.25) is 0 Å². The normalized spacial score (nSPS) is 11.6. The Hall–Kier alpha value is -2.84. The van der Waals surface area contributed by atoms with Crippen molar-refractivity contribution in [3.05, 3.63) is 59.4 Å². The molecule has 34 heavy (non-hydrogen) atoms. The van der Waals surface area contributed by atoms with E-state index in [1.807, 2.05) is 0 Å². The molecule has 0 spiro atoms. The van der Waals surface area contributed by atoms with Crippen LogP contribution in [0.25, 0.3) is 0 Å². The minimum atomic E-state index is -4.50. The van der Waals surface area contributed by atoms with Crippen molar-refractivity contribution in [2.24, 2.45) is 0 Å². The van der Waals surface area contributed by atoms with E-state index < -0.39 is 82.4 Å². The predicted molar refractivity (Wildman–Crippen MR) is 107 cm³/mol. The quantitative estimate of drug-likeness (QED) is 0.257. The average molecular weight is 514 g/mol. The van der Waals surface area contributed by atoms with Gasteiger partial charge < -0.3 is 9.47 Å². The highest BCUT2D eigenvalue weighted by atomic mass is 32.2. The van der Waals surface area contributed by atoms with Gasteiger partial charge in [-0.1, -0.05) is 6.07 Å². The van der Waals surface area contributed by atoms with Gasteiger partial charge in [-0.25, -0.2) is 31.6 Å². The number of amides is 3. The SMILES string of the molecule is COCN(C(=O)c1c(F)cccc1F)C(=O)N(COC)c1ccc(SC(F)(F)C(F)F)cc1F. The lowest BCUT2D eigenvalue weighted by molar-refractivity contribution is -0.0563. The third kappa shape index (κ3) is 6.18. The molecule has 0 heterocycles. The van der Waals surface area contributed by atoms with Gasteiger partial charge in [0.1, 0.15) is 36.5 Å². The van der Waals surface area contributed by atoms with Crippen molar-refractivity contribution in [2.45, 2.75) is 16.6 Å². The molecule has 2 aromatic carbocycles. The molecule has 0 aliphatic rings. The van der Waals surface area contributed by atoms with Gasteiger partial charge in [-0.05, 0) is 42.1 Å². The number of methoxy groups -OCH3 is 2. The Morgan fingerprint density at radius 1 is 0.971 bits per heavy atom. The van der Waals surface area contributed by atoms with Crippen molar-refractivity contribution in [2.75, 3.05) is 32.6 Å². The molecule has 0 saturated heterocycles. The van der Waals surface area contributed by atoms with Gasteiger partial charge in [0.05, 0.1) is 5.69 Å². The van der Waals surface area contributed by atoms with Crippen LogP contribution in [0, 0.1) is 17.5 Å². The molecule has 2 rings (SSSR count). The third-order valence-corrected chi connectivity index (χ3v) is 5.06. The van der Waals surface area contributed by atoms with Crippen molar-refractivity contribution in [3.63, 3.8) is 0 Å². The first kappa shape index (κ1) is 27.4. The molecule has 0 fully saturated rings. The van der Waals surface area contributed by atoms with Gasteiger partial charge in [0.2, 0.25) is 0 Å². The van der Waals surface area contributed by atoms with Crippen LogP contribution in [0.5, 0.6) is 0 Å². The van der Waals surface area contributed by atoms with Crippen LogP contribution in [0.3, 0.4) is 0 Å². The van der Waals surface area contributed by atoms with Gasteiger partial charge in [0, 0.05) is 19.1 Å². The van der Waals surface area contributed by atoms with Crippen LogP contribution >= 0.6 is 11.8 Å². The van der Waals surface area contributed by atoms with Crippen molar-refractivity contribution in [1.82, 2.24) is 4.90 Å². The number of halogens is 7. The minimum Gasteiger partial charge on any atom is -0.364 e. The Kier molecular flexibility index (Phi) is 9.29. The number of thioether (sulfide) groups is 1. The van der Waals surface area contributed by atoms with Crippen molar-refractivity contribution < 1.29 is 49.8 Å². The van der Waals surface area contributed by atoms with Crippen LogP contribution in [0.1, 0.15) is 10.4 Å². The lowest BCUT2D eigenvalue weighted by Crippen LogP contribution is -2.48. The first-order valence-corrected chi connectivity index (χ1v) is 9.96. The Morgan fingerprint density at radius 2 is 1.56 bits per heavy atom. The van der Waals surface area contributed by atoms with Crippen molar-refractivity contribution in [3.8, 4) is 0 Å². The minimum absolute atomic E-state index is 0.258. The number of carbonyl (C=O) groups is 2. The number of imide groups is 1. The fourth-order valence-corrected chi connectivity index (χ4v) is 3.34. The van der Waals surface area contributed by atoms with E-state index in [9.17, 15) is 40.3 Å². The number of anilines is 1. The van der Waals surface area contributed by atoms with Gasteiger partial charge in [-0.15, -0.1) is 0 Å². The van der Waals surface area contributed by atoms with E-state index in [2.05, 4.69) is 0 Å². The second-order valence-electron chi connectivity index (χ2n) is 6.45. The summed E-state index contributed by atoms with van der Waals surface area (Å²) in [5.41, 5.74) is -1.67. The molecule has 0 N–H and O–H groups in total. The molecule has 0 bridgehead atoms. The largest absolute Gasteiger partial charge is 0.364 e. The summed E-state index contributed by atoms with van der Waals surface area (Å²) < 4.78 is 104. The second kappa shape index (κ2) is 11.5. The molecule has 0 saturated carbocycles. The smallest absolute Gasteiger partial charge is 0.357 e. The maximum absolute atomic E-state index is 14.7. The monoisotopic (exact) mass is 514 g/mol. The summed E-state index contributed by atoms with van der Waals surface area (Å²) in [6.07, 6.45) is -4.01. The van der Waals surface area contributed by atoms with Crippen molar-refractivity contribution >= 4 is 29.4 Å². The first-order chi connectivity index (χ1) is 15.9. The van der Waals surface area contributed by atoms with Crippen LogP contribution in [-0.4, -0.2) is 56.2 Å². The number of nitrogens with zero attached hydrogens (tertiary/aromatic N) is 2. The van der Waals surface area contributed by atoms with Crippen LogP contribution in [0.4, 0.5) is 41.2 Å². The molecule has 0 aromatic heterocycles. The Morgan fingerprint density at radius 3 is 2.06 bits per heavy atom. The zero-order valence-electron chi connectivity index (χ0n) is 17.5. The number of hydrogen-bond acceptors (Lipinski definition) is 5. The lowest BCUT2D eigenvalue weighted by atomic mass is 10.1. The molecular weight excluding hydrogens is 497 g/mol. The van der Waals surface area contributed by atoms with E-state index in [1.165, 1.54) is 0 Å². The third-order valence-electron chi connectivity index (χ3n) is 4.12. The molecule has 3 amide bonds. The Bertz CT molecular complexity index is 1020. The maximum Gasteiger partial charge on any atom is 0.357 e.